The molecule has 1 aliphatic heterocycles. The Bertz CT molecular complexity index is 395. The molecule has 0 aliphatic carbocycles. The molecule has 1 aromatic rings. The van der Waals surface area contributed by atoms with Gasteiger partial charge in [0.25, 0.3) is 0 Å². The second-order valence-electron chi connectivity index (χ2n) is 4.91. The third-order valence-electron chi connectivity index (χ3n) is 3.58. The van der Waals surface area contributed by atoms with Crippen LogP contribution in [0.25, 0.3) is 0 Å². The van der Waals surface area contributed by atoms with E-state index in [-0.39, 0.29) is 0 Å². The van der Waals surface area contributed by atoms with Crippen molar-refractivity contribution in [2.45, 2.75) is 31.8 Å². The minimum atomic E-state index is 0.659. The van der Waals surface area contributed by atoms with Crippen LogP contribution in [0.5, 0.6) is 0 Å². The summed E-state index contributed by atoms with van der Waals surface area (Å²) < 4.78 is 1.11. The molecule has 0 spiro atoms. The summed E-state index contributed by atoms with van der Waals surface area (Å²) >= 11 is 9.59. The van der Waals surface area contributed by atoms with Crippen LogP contribution < -0.4 is 5.32 Å². The van der Waals surface area contributed by atoms with Gasteiger partial charge in [0.15, 0.2) is 0 Å². The number of halogens is 2. The minimum absolute atomic E-state index is 0.659. The molecule has 18 heavy (non-hydrogen) atoms. The number of nitrogens with zero attached hydrogens (tertiary/aromatic N) is 1. The molecule has 1 heterocycles. The first kappa shape index (κ1) is 14.3. The molecule has 0 radical (unpaired) electrons. The molecule has 1 aliphatic rings. The summed E-state index contributed by atoms with van der Waals surface area (Å²) in [7, 11) is 2.03. The molecule has 0 bridgehead atoms. The fraction of sp³-hybridized carbons (Fsp3) is 0.571. The lowest BCUT2D eigenvalue weighted by Gasteiger charge is -2.36. The number of likely N-dealkylation sites (tertiary alicyclic amines) is 1. The van der Waals surface area contributed by atoms with Crippen LogP contribution in [0.1, 0.15) is 24.8 Å². The van der Waals surface area contributed by atoms with E-state index in [2.05, 4.69) is 32.2 Å². The van der Waals surface area contributed by atoms with Gasteiger partial charge in [-0.05, 0) is 44.1 Å². The Morgan fingerprint density at radius 2 is 2.28 bits per heavy atom. The van der Waals surface area contributed by atoms with Crippen molar-refractivity contribution in [3.05, 3.63) is 33.3 Å². The average Bonchev–Trinajstić information content (AvgIpc) is 2.35. The maximum Gasteiger partial charge on any atom is 0.0417 e. The predicted molar refractivity (Wildman–Crippen MR) is 81.1 cm³/mol. The number of likely N-dealkylation sites (N-methyl/N-ethyl adjacent to an activating group) is 1. The van der Waals surface area contributed by atoms with Crippen molar-refractivity contribution in [1.29, 1.82) is 0 Å². The highest BCUT2D eigenvalue weighted by Gasteiger charge is 2.22. The smallest absolute Gasteiger partial charge is 0.0417 e. The maximum absolute atomic E-state index is 5.98. The lowest BCUT2D eigenvalue weighted by molar-refractivity contribution is 0.139. The fourth-order valence-corrected chi connectivity index (χ4v) is 3.41. The fourth-order valence-electron chi connectivity index (χ4n) is 2.60. The van der Waals surface area contributed by atoms with Crippen molar-refractivity contribution >= 4 is 27.5 Å². The summed E-state index contributed by atoms with van der Waals surface area (Å²) in [5.41, 5.74) is 1.32. The largest absolute Gasteiger partial charge is 0.318 e. The summed E-state index contributed by atoms with van der Waals surface area (Å²) in [5, 5.41) is 4.09. The van der Waals surface area contributed by atoms with Crippen molar-refractivity contribution < 1.29 is 0 Å². The Labute approximate surface area is 123 Å². The molecule has 1 N–H and O–H groups in total. The van der Waals surface area contributed by atoms with Crippen molar-refractivity contribution in [3.63, 3.8) is 0 Å². The molecule has 100 valence electrons. The van der Waals surface area contributed by atoms with Crippen LogP contribution in [0.2, 0.25) is 5.02 Å². The molecule has 1 saturated heterocycles. The van der Waals surface area contributed by atoms with E-state index in [9.17, 15) is 0 Å². The molecular weight excluding hydrogens is 312 g/mol. The molecule has 1 unspecified atom stereocenters. The molecular formula is C14H20BrClN2. The van der Waals surface area contributed by atoms with Gasteiger partial charge in [0, 0.05) is 28.6 Å². The highest BCUT2D eigenvalue weighted by Crippen LogP contribution is 2.25. The SMILES string of the molecule is CNCC1CCCCN1Cc1ccc(Cl)cc1Br. The lowest BCUT2D eigenvalue weighted by Crippen LogP contribution is -2.44. The molecule has 0 aromatic heterocycles. The first-order valence-electron chi connectivity index (χ1n) is 6.53. The number of nitrogens with one attached hydrogen (secondary N) is 1. The van der Waals surface area contributed by atoms with E-state index in [0.717, 1.165) is 22.6 Å². The summed E-state index contributed by atoms with van der Waals surface area (Å²) in [4.78, 5) is 2.58. The van der Waals surface area contributed by atoms with E-state index < -0.39 is 0 Å². The molecule has 0 saturated carbocycles. The van der Waals surface area contributed by atoms with E-state index in [1.807, 2.05) is 19.2 Å². The Morgan fingerprint density at radius 3 is 3.00 bits per heavy atom. The van der Waals surface area contributed by atoms with Gasteiger partial charge >= 0.3 is 0 Å². The summed E-state index contributed by atoms with van der Waals surface area (Å²) in [5.74, 6) is 0. The number of piperidine rings is 1. The van der Waals surface area contributed by atoms with Gasteiger partial charge in [-0.25, -0.2) is 0 Å². The molecule has 1 aromatic carbocycles. The topological polar surface area (TPSA) is 15.3 Å². The maximum atomic E-state index is 5.98. The van der Waals surface area contributed by atoms with Gasteiger partial charge in [0.05, 0.1) is 0 Å². The van der Waals surface area contributed by atoms with Crippen LogP contribution in [-0.2, 0) is 6.54 Å². The second-order valence-corrected chi connectivity index (χ2v) is 6.20. The average molecular weight is 332 g/mol. The Balaban J connectivity index is 2.06. The van der Waals surface area contributed by atoms with E-state index in [4.69, 9.17) is 11.6 Å². The van der Waals surface area contributed by atoms with Gasteiger partial charge in [-0.15, -0.1) is 0 Å². The molecule has 2 rings (SSSR count). The summed E-state index contributed by atoms with van der Waals surface area (Å²) in [6, 6.07) is 6.73. The van der Waals surface area contributed by atoms with E-state index in [1.165, 1.54) is 31.4 Å². The Morgan fingerprint density at radius 1 is 1.44 bits per heavy atom. The summed E-state index contributed by atoms with van der Waals surface area (Å²) in [6.45, 7) is 3.27. The molecule has 1 fully saturated rings. The standard InChI is InChI=1S/C14H20BrClN2/c1-17-9-13-4-2-3-7-18(13)10-11-5-6-12(16)8-14(11)15/h5-6,8,13,17H,2-4,7,9-10H2,1H3. The number of rotatable bonds is 4. The first-order chi connectivity index (χ1) is 8.70. The highest BCUT2D eigenvalue weighted by molar-refractivity contribution is 9.10. The molecule has 4 heteroatoms. The van der Waals surface area contributed by atoms with E-state index >= 15 is 0 Å². The van der Waals surface area contributed by atoms with Crippen LogP contribution in [0.15, 0.2) is 22.7 Å². The minimum Gasteiger partial charge on any atom is -0.318 e. The zero-order valence-corrected chi connectivity index (χ0v) is 13.1. The van der Waals surface area contributed by atoms with Gasteiger partial charge in [0.1, 0.15) is 0 Å². The number of hydrogen-bond donors (Lipinski definition) is 1. The third-order valence-corrected chi connectivity index (χ3v) is 4.55. The van der Waals surface area contributed by atoms with Crippen LogP contribution in [0, 0.1) is 0 Å². The Kier molecular flexibility index (Phi) is 5.49. The molecule has 0 amide bonds. The van der Waals surface area contributed by atoms with Crippen LogP contribution in [-0.4, -0.2) is 31.1 Å². The zero-order valence-electron chi connectivity index (χ0n) is 10.8. The van der Waals surface area contributed by atoms with Crippen molar-refractivity contribution in [2.24, 2.45) is 0 Å². The van der Waals surface area contributed by atoms with Crippen LogP contribution >= 0.6 is 27.5 Å². The first-order valence-corrected chi connectivity index (χ1v) is 7.70. The monoisotopic (exact) mass is 330 g/mol. The molecule has 1 atom stereocenters. The van der Waals surface area contributed by atoms with Crippen molar-refractivity contribution in [1.82, 2.24) is 10.2 Å². The van der Waals surface area contributed by atoms with Gasteiger partial charge < -0.3 is 5.32 Å². The quantitative estimate of drug-likeness (QED) is 0.905. The van der Waals surface area contributed by atoms with Crippen molar-refractivity contribution in [2.75, 3.05) is 20.1 Å². The third kappa shape index (κ3) is 3.70. The van der Waals surface area contributed by atoms with Crippen LogP contribution in [0.4, 0.5) is 0 Å². The van der Waals surface area contributed by atoms with Crippen molar-refractivity contribution in [3.8, 4) is 0 Å². The van der Waals surface area contributed by atoms with E-state index in [0.29, 0.717) is 6.04 Å². The van der Waals surface area contributed by atoms with Gasteiger partial charge in [0.2, 0.25) is 0 Å². The summed E-state index contributed by atoms with van der Waals surface area (Å²) in [6.07, 6.45) is 3.96. The van der Waals surface area contributed by atoms with Gasteiger partial charge in [-0.2, -0.15) is 0 Å². The van der Waals surface area contributed by atoms with E-state index in [1.54, 1.807) is 0 Å². The highest BCUT2D eigenvalue weighted by atomic mass is 79.9. The van der Waals surface area contributed by atoms with Gasteiger partial charge in [-0.3, -0.25) is 4.90 Å². The number of hydrogen-bond acceptors (Lipinski definition) is 2. The molecule has 2 nitrogen and oxygen atoms in total. The normalized spacial score (nSPS) is 21.2. The lowest BCUT2D eigenvalue weighted by atomic mass is 10.0. The second kappa shape index (κ2) is 6.90. The number of benzene rings is 1. The van der Waals surface area contributed by atoms with Crippen LogP contribution in [0.3, 0.4) is 0 Å². The Hall–Kier alpha value is -0.0900. The predicted octanol–water partition coefficient (Wildman–Crippen LogP) is 3.68. The zero-order chi connectivity index (χ0) is 13.0. The van der Waals surface area contributed by atoms with Gasteiger partial charge in [-0.1, -0.05) is 40.0 Å².